The number of nitrogens with zero attached hydrogens (tertiary/aromatic N) is 8. The Morgan fingerprint density at radius 3 is 1.92 bits per heavy atom. The van der Waals surface area contributed by atoms with Gasteiger partial charge < -0.3 is 52.1 Å². The molecule has 2 aliphatic rings. The molecule has 20 nitrogen and oxygen atoms in total. The molecule has 1 aromatic heterocycles. The monoisotopic (exact) mass is 1200 g/mol. The van der Waals surface area contributed by atoms with Gasteiger partial charge in [0.2, 0.25) is 17.7 Å². The van der Waals surface area contributed by atoms with E-state index in [2.05, 4.69) is 86.0 Å². The maximum atomic E-state index is 14.7. The number of ether oxygens (including phenoxy) is 4. The number of carbonyl (C=O) groups excluding carboxylic acids is 3. The number of amides is 3. The van der Waals surface area contributed by atoms with Crippen LogP contribution < -0.4 is 26.0 Å². The molecule has 85 heavy (non-hydrogen) atoms. The number of benzene rings is 3. The largest absolute Gasteiger partial charge is 0.497 e. The van der Waals surface area contributed by atoms with Crippen molar-refractivity contribution in [3.05, 3.63) is 128 Å². The fourth-order valence-corrected chi connectivity index (χ4v) is 12.9. The van der Waals surface area contributed by atoms with Crippen molar-refractivity contribution in [1.82, 2.24) is 28.9 Å². The van der Waals surface area contributed by atoms with Crippen LogP contribution in [0.5, 0.6) is 11.5 Å². The molecule has 5 unspecified atom stereocenters. The summed E-state index contributed by atoms with van der Waals surface area (Å²) in [6.45, 7) is 13.0. The Kier molecular flexibility index (Phi) is 25.3. The standard InChI is InChI=1S/C64H95N9O11P/c1-47(2)71(48(3)4)85(82-42-22-35-65)84-56-43-60(83-57(56)46-81-64(50-23-16-14-17-24-50,51-27-31-53(79-12)32-28-51)52-29-33-54(80-13)34-30-52)70-44-49(5)62(77)69(63(70)78)37-19-15-18-36-66-61(76)55-45-67(58(74)25-20-40-72(6,7)8)38-39-68(55)59(75)26-21-41-73(9,10)11/h14,16-17,23-24,27-34,44,47-48,55-57,60H,15,18-22,25-26,36-43,45-46H2,1-13H3/q+1/p+1. The molecular formula is C64H96N9O11P+2. The first-order valence-electron chi connectivity index (χ1n) is 30.1. The number of aryl methyl sites for hydroxylation is 1. The van der Waals surface area contributed by atoms with Gasteiger partial charge in [-0.15, -0.1) is 0 Å². The zero-order chi connectivity index (χ0) is 62.1. The first-order valence-corrected chi connectivity index (χ1v) is 31.2. The molecule has 0 radical (unpaired) electrons. The number of hydrogen-bond acceptors (Lipinski definition) is 13. The average Bonchev–Trinajstić information content (AvgIpc) is 2.15. The molecule has 0 aliphatic carbocycles. The lowest BCUT2D eigenvalue weighted by atomic mass is 9.80. The van der Waals surface area contributed by atoms with Gasteiger partial charge in [0.05, 0.1) is 108 Å². The van der Waals surface area contributed by atoms with Gasteiger partial charge in [0, 0.05) is 82.1 Å². The summed E-state index contributed by atoms with van der Waals surface area (Å²) >= 11 is 0. The third kappa shape index (κ3) is 18.7. The van der Waals surface area contributed by atoms with Gasteiger partial charge in [-0.05, 0) is 94.8 Å². The number of rotatable bonds is 32. The minimum Gasteiger partial charge on any atom is -0.497 e. The number of piperazine rings is 1. The van der Waals surface area contributed by atoms with Gasteiger partial charge in [-0.25, -0.2) is 9.46 Å². The summed E-state index contributed by atoms with van der Waals surface area (Å²) in [6.07, 6.45) is 3.21. The van der Waals surface area contributed by atoms with Crippen LogP contribution in [0, 0.1) is 18.3 Å². The van der Waals surface area contributed by atoms with Gasteiger partial charge in [0.15, 0.2) is 0 Å². The lowest BCUT2D eigenvalue weighted by Gasteiger charge is -2.41. The van der Waals surface area contributed by atoms with Gasteiger partial charge in [-0.1, -0.05) is 54.6 Å². The Hall–Kier alpha value is -6.01. The molecule has 21 heteroatoms. The van der Waals surface area contributed by atoms with E-state index in [1.54, 1.807) is 37.1 Å². The number of methoxy groups -OCH3 is 2. The summed E-state index contributed by atoms with van der Waals surface area (Å²) in [5.41, 5.74) is 0.672. The van der Waals surface area contributed by atoms with Crippen molar-refractivity contribution >= 4 is 26.2 Å². The maximum Gasteiger partial charge on any atom is 0.333 e. The molecule has 0 bridgehead atoms. The summed E-state index contributed by atoms with van der Waals surface area (Å²) in [4.78, 5) is 73.1. The second kappa shape index (κ2) is 31.6. The maximum absolute atomic E-state index is 14.7. The van der Waals surface area contributed by atoms with Crippen LogP contribution in [-0.2, 0) is 45.1 Å². The molecule has 3 amide bonds. The van der Waals surface area contributed by atoms with E-state index in [1.165, 1.54) is 9.13 Å². The summed E-state index contributed by atoms with van der Waals surface area (Å²) in [6, 6.07) is 26.8. The Bertz CT molecular complexity index is 2880. The molecule has 5 atom stereocenters. The smallest absolute Gasteiger partial charge is 0.333 e. The Balaban J connectivity index is 1.23. The lowest BCUT2D eigenvalue weighted by molar-refractivity contribution is -0.870. The van der Waals surface area contributed by atoms with Crippen LogP contribution >= 0.6 is 8.53 Å². The van der Waals surface area contributed by atoms with Crippen molar-refractivity contribution in [2.24, 2.45) is 0 Å². The van der Waals surface area contributed by atoms with Crippen LogP contribution in [0.4, 0.5) is 0 Å². The third-order valence-electron chi connectivity index (χ3n) is 15.5. The van der Waals surface area contributed by atoms with E-state index in [0.717, 1.165) is 45.2 Å². The minimum atomic E-state index is -1.77. The number of carbonyl (C=O) groups is 3. The predicted molar refractivity (Wildman–Crippen MR) is 330 cm³/mol. The average molecular weight is 1200 g/mol. The van der Waals surface area contributed by atoms with Gasteiger partial charge >= 0.3 is 5.69 Å². The van der Waals surface area contributed by atoms with Crippen LogP contribution in [0.3, 0.4) is 0 Å². The van der Waals surface area contributed by atoms with Crippen LogP contribution in [0.15, 0.2) is 94.6 Å². The van der Waals surface area contributed by atoms with Gasteiger partial charge in [-0.2, -0.15) is 5.26 Å². The molecule has 2 aliphatic heterocycles. The molecule has 3 heterocycles. The van der Waals surface area contributed by atoms with Crippen molar-refractivity contribution in [2.45, 2.75) is 141 Å². The fourth-order valence-electron chi connectivity index (χ4n) is 11.1. The number of hydrogen-bond donors (Lipinski definition) is 1. The molecule has 1 N–H and O–H groups in total. The summed E-state index contributed by atoms with van der Waals surface area (Å²) in [5.74, 6) is 0.935. The summed E-state index contributed by atoms with van der Waals surface area (Å²) in [5, 5.41) is 12.6. The Morgan fingerprint density at radius 2 is 1.36 bits per heavy atom. The van der Waals surface area contributed by atoms with Crippen molar-refractivity contribution in [3.63, 3.8) is 0 Å². The number of nitriles is 1. The van der Waals surface area contributed by atoms with Crippen molar-refractivity contribution in [2.75, 3.05) is 109 Å². The van der Waals surface area contributed by atoms with Crippen LogP contribution in [0.1, 0.15) is 114 Å². The minimum absolute atomic E-state index is 0.00314. The highest BCUT2D eigenvalue weighted by Crippen LogP contribution is 2.51. The molecule has 0 saturated carbocycles. The molecule has 6 rings (SSSR count). The SMILES string of the molecule is COc1ccc(C(OCC2OC(n3cc(C)c(=O)n(CCCCCNC(=O)C4CN(C(=O)CCC[N+](C)(C)C)CCN4C(=O)CCC[N+](C)(C)C)c3=O)CC2OP(OCCC#N)N(C(C)C)C(C)C)(c2ccccc2)c2ccc(OC)cc2)cc1. The van der Waals surface area contributed by atoms with E-state index in [1.807, 2.05) is 78.9 Å². The van der Waals surface area contributed by atoms with E-state index in [4.69, 9.17) is 28.0 Å². The van der Waals surface area contributed by atoms with Crippen LogP contribution in [0.2, 0.25) is 0 Å². The molecule has 0 spiro atoms. The summed E-state index contributed by atoms with van der Waals surface area (Å²) < 4.78 is 45.4. The molecule has 3 aromatic carbocycles. The molecule has 2 saturated heterocycles. The van der Waals surface area contributed by atoms with Gasteiger partial charge in [0.1, 0.15) is 35.5 Å². The second-order valence-corrected chi connectivity index (χ2v) is 26.3. The number of aromatic nitrogens is 2. The van der Waals surface area contributed by atoms with Crippen molar-refractivity contribution < 1.29 is 51.3 Å². The number of quaternary nitrogens is 2. The topological polar surface area (TPSA) is 196 Å². The van der Waals surface area contributed by atoms with Crippen LogP contribution in [-0.4, -0.2) is 190 Å². The quantitative estimate of drug-likeness (QED) is 0.0218. The fraction of sp³-hybridized carbons (Fsp3) is 0.594. The summed E-state index contributed by atoms with van der Waals surface area (Å²) in [7, 11) is 14.0. The zero-order valence-electron chi connectivity index (χ0n) is 52.8. The first kappa shape index (κ1) is 68.1. The van der Waals surface area contributed by atoms with Crippen molar-refractivity contribution in [3.8, 4) is 17.6 Å². The Morgan fingerprint density at radius 1 is 0.788 bits per heavy atom. The van der Waals surface area contributed by atoms with Crippen LogP contribution in [0.25, 0.3) is 0 Å². The zero-order valence-corrected chi connectivity index (χ0v) is 53.7. The number of nitrogens with one attached hydrogen (secondary N) is 1. The van der Waals surface area contributed by atoms with E-state index >= 15 is 0 Å². The van der Waals surface area contributed by atoms with E-state index < -0.39 is 49.9 Å². The highest BCUT2D eigenvalue weighted by Gasteiger charge is 2.46. The third-order valence-corrected chi connectivity index (χ3v) is 17.7. The normalized spacial score (nSPS) is 18.0. The van der Waals surface area contributed by atoms with E-state index in [0.29, 0.717) is 68.7 Å². The molecule has 4 aromatic rings. The lowest BCUT2D eigenvalue weighted by Crippen LogP contribution is -2.61. The highest BCUT2D eigenvalue weighted by molar-refractivity contribution is 7.44. The molecule has 466 valence electrons. The first-order chi connectivity index (χ1) is 40.4. The highest BCUT2D eigenvalue weighted by atomic mass is 31.2. The Labute approximate surface area is 505 Å². The molecular weight excluding hydrogens is 1100 g/mol. The van der Waals surface area contributed by atoms with Gasteiger partial charge in [0.25, 0.3) is 14.1 Å². The molecule has 2 fully saturated rings. The predicted octanol–water partition coefficient (Wildman–Crippen LogP) is 7.59. The van der Waals surface area contributed by atoms with Crippen molar-refractivity contribution in [1.29, 1.82) is 5.26 Å². The second-order valence-electron chi connectivity index (χ2n) is 24.9. The number of unbranched alkanes of at least 4 members (excludes halogenated alkanes) is 2. The van der Waals surface area contributed by atoms with Gasteiger partial charge in [-0.3, -0.25) is 28.3 Å². The van der Waals surface area contributed by atoms with E-state index in [9.17, 15) is 29.2 Å². The van der Waals surface area contributed by atoms with E-state index in [-0.39, 0.29) is 75.5 Å².